The molecule has 0 saturated carbocycles. The van der Waals surface area contributed by atoms with Crippen LogP contribution in [-0.2, 0) is 17.0 Å². The van der Waals surface area contributed by atoms with Crippen molar-refractivity contribution in [1.82, 2.24) is 9.21 Å². The quantitative estimate of drug-likeness (QED) is 0.557. The fourth-order valence-corrected chi connectivity index (χ4v) is 5.02. The van der Waals surface area contributed by atoms with Gasteiger partial charge in [0.1, 0.15) is 5.82 Å². The first-order valence-electron chi connectivity index (χ1n) is 10.6. The van der Waals surface area contributed by atoms with Gasteiger partial charge in [0.2, 0.25) is 0 Å². The van der Waals surface area contributed by atoms with Crippen LogP contribution < -0.4 is 0 Å². The third kappa shape index (κ3) is 4.95. The molecule has 4 rings (SSSR count). The van der Waals surface area contributed by atoms with Gasteiger partial charge in [0, 0.05) is 31.9 Å². The van der Waals surface area contributed by atoms with Crippen molar-refractivity contribution in [3.05, 3.63) is 82.7 Å². The highest BCUT2D eigenvalue weighted by Gasteiger charge is 2.26. The molecule has 0 aliphatic carbocycles. The van der Waals surface area contributed by atoms with E-state index in [0.29, 0.717) is 40.6 Å². The molecular formula is C25H25FN2O3S. The van der Waals surface area contributed by atoms with Crippen LogP contribution >= 0.6 is 11.9 Å². The lowest BCUT2D eigenvalue weighted by atomic mass is 9.92. The molecule has 1 fully saturated rings. The fourth-order valence-electron chi connectivity index (χ4n) is 4.07. The van der Waals surface area contributed by atoms with Crippen molar-refractivity contribution in [3.8, 4) is 0 Å². The molecule has 32 heavy (non-hydrogen) atoms. The Morgan fingerprint density at radius 1 is 1.03 bits per heavy atom. The fraction of sp³-hybridized carbons (Fsp3) is 0.280. The largest absolute Gasteiger partial charge is 0.481 e. The Labute approximate surface area is 191 Å². The zero-order valence-electron chi connectivity index (χ0n) is 17.9. The van der Waals surface area contributed by atoms with E-state index >= 15 is 0 Å². The molecule has 0 spiro atoms. The number of halogens is 1. The van der Waals surface area contributed by atoms with Gasteiger partial charge in [-0.25, -0.2) is 8.70 Å². The summed E-state index contributed by atoms with van der Waals surface area (Å²) in [6.45, 7) is 4.37. The van der Waals surface area contributed by atoms with Gasteiger partial charge >= 0.3 is 5.97 Å². The third-order valence-corrected chi connectivity index (χ3v) is 7.00. The number of carboxylic acids is 1. The average Bonchev–Trinajstić information content (AvgIpc) is 2.79. The van der Waals surface area contributed by atoms with Crippen LogP contribution in [0, 0.1) is 12.7 Å². The first-order chi connectivity index (χ1) is 15.4. The van der Waals surface area contributed by atoms with Crippen molar-refractivity contribution < 1.29 is 19.1 Å². The molecule has 1 heterocycles. The van der Waals surface area contributed by atoms with Gasteiger partial charge in [0.25, 0.3) is 5.91 Å². The minimum Gasteiger partial charge on any atom is -0.481 e. The number of nitrogens with zero attached hydrogens (tertiary/aromatic N) is 2. The number of carbonyl (C=O) groups is 2. The Hall–Kier alpha value is -2.90. The summed E-state index contributed by atoms with van der Waals surface area (Å²) in [6, 6.07) is 16.3. The van der Waals surface area contributed by atoms with Crippen molar-refractivity contribution in [1.29, 1.82) is 0 Å². The molecule has 1 saturated heterocycles. The smallest absolute Gasteiger partial charge is 0.307 e. The maximum Gasteiger partial charge on any atom is 0.307 e. The van der Waals surface area contributed by atoms with Crippen LogP contribution in [0.3, 0.4) is 0 Å². The number of carbonyl (C=O) groups excluding carboxylic acids is 1. The number of rotatable bonds is 6. The highest BCUT2D eigenvalue weighted by atomic mass is 32.2. The Balaban J connectivity index is 1.52. The first-order valence-corrected chi connectivity index (χ1v) is 11.5. The molecule has 1 amide bonds. The van der Waals surface area contributed by atoms with Crippen LogP contribution in [0.15, 0.2) is 54.6 Å². The van der Waals surface area contributed by atoms with Gasteiger partial charge in [-0.3, -0.25) is 9.59 Å². The van der Waals surface area contributed by atoms with Gasteiger partial charge in [-0.1, -0.05) is 54.4 Å². The van der Waals surface area contributed by atoms with Crippen LogP contribution in [0.5, 0.6) is 0 Å². The summed E-state index contributed by atoms with van der Waals surface area (Å²) in [5.74, 6) is -0.663. The van der Waals surface area contributed by atoms with Gasteiger partial charge in [-0.2, -0.15) is 0 Å². The van der Waals surface area contributed by atoms with E-state index < -0.39 is 11.8 Å². The number of hydrogen-bond acceptors (Lipinski definition) is 4. The normalized spacial score (nSPS) is 14.6. The van der Waals surface area contributed by atoms with Crippen LogP contribution in [-0.4, -0.2) is 52.4 Å². The number of fused-ring (bicyclic) bond motifs is 1. The average molecular weight is 453 g/mol. The highest BCUT2D eigenvalue weighted by molar-refractivity contribution is 7.96. The zero-order valence-corrected chi connectivity index (χ0v) is 18.7. The number of carboxylic acid groups (broad SMARTS) is 1. The lowest BCUT2D eigenvalue weighted by molar-refractivity contribution is -0.136. The minimum atomic E-state index is -0.961. The summed E-state index contributed by atoms with van der Waals surface area (Å²) in [4.78, 5) is 26.6. The Kier molecular flexibility index (Phi) is 6.77. The van der Waals surface area contributed by atoms with Crippen LogP contribution in [0.2, 0.25) is 0 Å². The summed E-state index contributed by atoms with van der Waals surface area (Å²) in [7, 11) is 0. The predicted molar refractivity (Wildman–Crippen MR) is 125 cm³/mol. The first kappa shape index (κ1) is 22.3. The number of benzene rings is 3. The molecule has 0 atom stereocenters. The summed E-state index contributed by atoms with van der Waals surface area (Å²) in [5, 5.41) is 10.5. The number of piperazine rings is 1. The van der Waals surface area contributed by atoms with E-state index in [2.05, 4.69) is 16.4 Å². The molecular weight excluding hydrogens is 427 g/mol. The van der Waals surface area contributed by atoms with E-state index in [4.69, 9.17) is 0 Å². The second-order valence-corrected chi connectivity index (χ2v) is 9.02. The van der Waals surface area contributed by atoms with Crippen molar-refractivity contribution in [2.24, 2.45) is 0 Å². The van der Waals surface area contributed by atoms with Gasteiger partial charge in [0.15, 0.2) is 0 Å². The lowest BCUT2D eigenvalue weighted by Gasteiger charge is -2.34. The van der Waals surface area contributed by atoms with E-state index in [1.165, 1.54) is 17.7 Å². The predicted octanol–water partition coefficient (Wildman–Crippen LogP) is 4.52. The van der Waals surface area contributed by atoms with Crippen LogP contribution in [0.1, 0.15) is 27.0 Å². The van der Waals surface area contributed by atoms with Gasteiger partial charge in [-0.15, -0.1) is 0 Å². The topological polar surface area (TPSA) is 60.9 Å². The highest BCUT2D eigenvalue weighted by Crippen LogP contribution is 2.29. The second kappa shape index (κ2) is 9.71. The molecule has 7 heteroatoms. The Bertz CT molecular complexity index is 1140. The van der Waals surface area contributed by atoms with E-state index in [1.54, 1.807) is 35.9 Å². The van der Waals surface area contributed by atoms with Gasteiger partial charge in [0.05, 0.1) is 12.0 Å². The molecule has 0 unspecified atom stereocenters. The number of aliphatic carboxylic acids is 1. The molecule has 0 radical (unpaired) electrons. The standard InChI is InChI=1S/C25H25FN2O3S/c1-17-20(14-23(29)30)13-19-7-8-21(26)15-22(19)24(17)25(31)27-9-11-28(12-10-27)32-16-18-5-3-2-4-6-18/h2-8,13,15H,9-12,14,16H2,1H3,(H,29,30). The summed E-state index contributed by atoms with van der Waals surface area (Å²) >= 11 is 1.76. The van der Waals surface area contributed by atoms with Crippen molar-refractivity contribution in [3.63, 3.8) is 0 Å². The SMILES string of the molecule is Cc1c(CC(=O)O)cc2ccc(F)cc2c1C(=O)N1CCN(SCc2ccccc2)CC1. The summed E-state index contributed by atoms with van der Waals surface area (Å²) in [5.41, 5.74) is 2.85. The summed E-state index contributed by atoms with van der Waals surface area (Å²) in [6.07, 6.45) is -0.177. The number of amides is 1. The van der Waals surface area contributed by atoms with E-state index in [1.807, 2.05) is 18.2 Å². The van der Waals surface area contributed by atoms with E-state index in [0.717, 1.165) is 18.8 Å². The second-order valence-electron chi connectivity index (χ2n) is 7.95. The summed E-state index contributed by atoms with van der Waals surface area (Å²) < 4.78 is 16.3. The molecule has 1 aliphatic rings. The molecule has 3 aromatic rings. The molecule has 1 N–H and O–H groups in total. The van der Waals surface area contributed by atoms with Crippen molar-refractivity contribution in [2.75, 3.05) is 26.2 Å². The Morgan fingerprint density at radius 3 is 2.44 bits per heavy atom. The van der Waals surface area contributed by atoms with Gasteiger partial charge in [-0.05, 0) is 46.5 Å². The Morgan fingerprint density at radius 2 is 1.75 bits per heavy atom. The van der Waals surface area contributed by atoms with E-state index in [-0.39, 0.29) is 12.3 Å². The van der Waals surface area contributed by atoms with Crippen LogP contribution in [0.4, 0.5) is 4.39 Å². The molecule has 1 aliphatic heterocycles. The zero-order chi connectivity index (χ0) is 22.7. The van der Waals surface area contributed by atoms with E-state index in [9.17, 15) is 19.1 Å². The maximum absolute atomic E-state index is 14.0. The number of hydrogen-bond donors (Lipinski definition) is 1. The monoisotopic (exact) mass is 452 g/mol. The minimum absolute atomic E-state index is 0.168. The molecule has 0 aromatic heterocycles. The van der Waals surface area contributed by atoms with Crippen molar-refractivity contribution >= 4 is 34.6 Å². The van der Waals surface area contributed by atoms with Crippen LogP contribution in [0.25, 0.3) is 10.8 Å². The molecule has 166 valence electrons. The van der Waals surface area contributed by atoms with Crippen molar-refractivity contribution in [2.45, 2.75) is 19.1 Å². The van der Waals surface area contributed by atoms with Gasteiger partial charge < -0.3 is 10.0 Å². The molecule has 0 bridgehead atoms. The molecule has 3 aromatic carbocycles. The lowest BCUT2D eigenvalue weighted by Crippen LogP contribution is -2.46. The maximum atomic E-state index is 14.0. The molecule has 5 nitrogen and oxygen atoms in total. The third-order valence-electron chi connectivity index (χ3n) is 5.81.